The number of nitrogens with one attached hydrogen (secondary N) is 1. The van der Waals surface area contributed by atoms with Crippen LogP contribution >= 0.6 is 0 Å². The second-order valence-corrected chi connectivity index (χ2v) is 8.19. The Morgan fingerprint density at radius 2 is 1.70 bits per heavy atom. The minimum Gasteiger partial charge on any atom is -0.495 e. The molecule has 2 aromatic carbocycles. The van der Waals surface area contributed by atoms with Crippen molar-refractivity contribution in [3.05, 3.63) is 59.7 Å². The van der Waals surface area contributed by atoms with Crippen molar-refractivity contribution in [2.45, 2.75) is 25.3 Å². The molecule has 0 saturated heterocycles. The monoisotopic (exact) mass is 434 g/mol. The normalized spacial score (nSPS) is 11.2. The van der Waals surface area contributed by atoms with Crippen LogP contribution in [0.15, 0.2) is 53.4 Å². The molecule has 0 aliphatic rings. The first kappa shape index (κ1) is 23.4. The summed E-state index contributed by atoms with van der Waals surface area (Å²) in [7, 11) is -2.47. The van der Waals surface area contributed by atoms with Gasteiger partial charge in [0.25, 0.3) is 5.91 Å². The molecule has 0 aliphatic carbocycles. The zero-order valence-electron chi connectivity index (χ0n) is 17.3. The van der Waals surface area contributed by atoms with E-state index in [4.69, 9.17) is 9.47 Å². The summed E-state index contributed by atoms with van der Waals surface area (Å²) in [6, 6.07) is 13.3. The summed E-state index contributed by atoms with van der Waals surface area (Å²) < 4.78 is 37.3. The number of benzene rings is 2. The van der Waals surface area contributed by atoms with E-state index in [9.17, 15) is 18.0 Å². The molecule has 162 valence electrons. The molecular weight excluding hydrogens is 408 g/mol. The molecule has 0 atom stereocenters. The molecule has 1 N–H and O–H groups in total. The van der Waals surface area contributed by atoms with E-state index in [2.05, 4.69) is 5.32 Å². The Labute approximate surface area is 176 Å². The number of carbonyl (C=O) groups is 2. The first-order valence-corrected chi connectivity index (χ1v) is 10.9. The minimum absolute atomic E-state index is 0.0948. The standard InChI is InChI=1S/C21H26N2O6S/c1-4-23(5-2)30(26,27)19-13-17(11-12-18(19)28-3)21(25)22-14-20(24)29-15-16-9-7-6-8-10-16/h6-13H,4-5,14-15H2,1-3H3,(H,22,25). The van der Waals surface area contributed by atoms with Gasteiger partial charge in [-0.1, -0.05) is 44.2 Å². The van der Waals surface area contributed by atoms with Crippen LogP contribution in [0.25, 0.3) is 0 Å². The maximum absolute atomic E-state index is 12.9. The maximum Gasteiger partial charge on any atom is 0.325 e. The fourth-order valence-corrected chi connectivity index (χ4v) is 4.41. The van der Waals surface area contributed by atoms with E-state index in [1.807, 2.05) is 30.3 Å². The summed E-state index contributed by atoms with van der Waals surface area (Å²) in [4.78, 5) is 24.2. The van der Waals surface area contributed by atoms with Crippen LogP contribution in [-0.2, 0) is 26.2 Å². The predicted octanol–water partition coefficient (Wildman–Crippen LogP) is 2.20. The number of hydrogen-bond acceptors (Lipinski definition) is 6. The smallest absolute Gasteiger partial charge is 0.325 e. The van der Waals surface area contributed by atoms with Gasteiger partial charge in [-0.2, -0.15) is 4.31 Å². The molecule has 0 saturated carbocycles. The lowest BCUT2D eigenvalue weighted by Gasteiger charge is -2.20. The van der Waals surface area contributed by atoms with E-state index in [0.717, 1.165) is 5.56 Å². The van der Waals surface area contributed by atoms with Crippen molar-refractivity contribution in [3.8, 4) is 5.75 Å². The Morgan fingerprint density at radius 1 is 1.03 bits per heavy atom. The van der Waals surface area contributed by atoms with Crippen LogP contribution in [0.3, 0.4) is 0 Å². The molecular formula is C21H26N2O6S. The van der Waals surface area contributed by atoms with Gasteiger partial charge in [-0.15, -0.1) is 0 Å². The number of hydrogen-bond donors (Lipinski definition) is 1. The van der Waals surface area contributed by atoms with Crippen LogP contribution in [-0.4, -0.2) is 51.3 Å². The first-order chi connectivity index (χ1) is 14.3. The van der Waals surface area contributed by atoms with Crippen LogP contribution in [0.5, 0.6) is 5.75 Å². The molecule has 0 heterocycles. The number of methoxy groups -OCH3 is 1. The number of amides is 1. The molecule has 0 radical (unpaired) electrons. The van der Waals surface area contributed by atoms with Crippen LogP contribution in [0, 0.1) is 0 Å². The van der Waals surface area contributed by atoms with Gasteiger partial charge >= 0.3 is 5.97 Å². The Balaban J connectivity index is 2.08. The summed E-state index contributed by atoms with van der Waals surface area (Å²) in [5, 5.41) is 2.45. The van der Waals surface area contributed by atoms with E-state index in [-0.39, 0.29) is 42.4 Å². The molecule has 1 amide bonds. The van der Waals surface area contributed by atoms with Crippen LogP contribution < -0.4 is 10.1 Å². The average Bonchev–Trinajstić information content (AvgIpc) is 2.76. The molecule has 0 aliphatic heterocycles. The average molecular weight is 435 g/mol. The SMILES string of the molecule is CCN(CC)S(=O)(=O)c1cc(C(=O)NCC(=O)OCc2ccccc2)ccc1OC. The number of rotatable bonds is 10. The van der Waals surface area contributed by atoms with Gasteiger partial charge in [0.05, 0.1) is 7.11 Å². The van der Waals surface area contributed by atoms with Gasteiger partial charge in [-0.25, -0.2) is 8.42 Å². The highest BCUT2D eigenvalue weighted by atomic mass is 32.2. The topological polar surface area (TPSA) is 102 Å². The van der Waals surface area contributed by atoms with Crippen LogP contribution in [0.4, 0.5) is 0 Å². The van der Waals surface area contributed by atoms with Crippen molar-refractivity contribution in [2.75, 3.05) is 26.7 Å². The zero-order valence-corrected chi connectivity index (χ0v) is 18.1. The quantitative estimate of drug-likeness (QED) is 0.575. The fourth-order valence-electron chi connectivity index (χ4n) is 2.77. The van der Waals surface area contributed by atoms with Gasteiger partial charge in [0.1, 0.15) is 23.8 Å². The lowest BCUT2D eigenvalue weighted by molar-refractivity contribution is -0.143. The van der Waals surface area contributed by atoms with E-state index >= 15 is 0 Å². The minimum atomic E-state index is -3.83. The molecule has 9 heteroatoms. The molecule has 0 aromatic heterocycles. The lowest BCUT2D eigenvalue weighted by Crippen LogP contribution is -2.32. The second-order valence-electron chi connectivity index (χ2n) is 6.28. The third kappa shape index (κ3) is 5.80. The molecule has 0 fully saturated rings. The number of esters is 1. The molecule has 30 heavy (non-hydrogen) atoms. The van der Waals surface area contributed by atoms with Gasteiger partial charge in [0.15, 0.2) is 0 Å². The Morgan fingerprint density at radius 3 is 2.30 bits per heavy atom. The Kier molecular flexibility index (Phi) is 8.37. The van der Waals surface area contributed by atoms with Crippen LogP contribution in [0.2, 0.25) is 0 Å². The van der Waals surface area contributed by atoms with E-state index in [1.165, 1.54) is 29.6 Å². The van der Waals surface area contributed by atoms with Crippen molar-refractivity contribution < 1.29 is 27.5 Å². The van der Waals surface area contributed by atoms with Gasteiger partial charge in [-0.05, 0) is 23.8 Å². The van der Waals surface area contributed by atoms with Gasteiger partial charge in [-0.3, -0.25) is 9.59 Å². The highest BCUT2D eigenvalue weighted by Crippen LogP contribution is 2.27. The fraction of sp³-hybridized carbons (Fsp3) is 0.333. The summed E-state index contributed by atoms with van der Waals surface area (Å²) in [5.74, 6) is -1.05. The molecule has 2 rings (SSSR count). The van der Waals surface area contributed by atoms with Crippen LogP contribution in [0.1, 0.15) is 29.8 Å². The molecule has 0 unspecified atom stereocenters. The highest BCUT2D eigenvalue weighted by molar-refractivity contribution is 7.89. The third-order valence-electron chi connectivity index (χ3n) is 4.38. The summed E-state index contributed by atoms with van der Waals surface area (Å²) >= 11 is 0. The number of carbonyl (C=O) groups excluding carboxylic acids is 2. The number of ether oxygens (including phenoxy) is 2. The molecule has 0 bridgehead atoms. The van der Waals surface area contributed by atoms with Crippen molar-refractivity contribution in [3.63, 3.8) is 0 Å². The number of nitrogens with zero attached hydrogens (tertiary/aromatic N) is 1. The van der Waals surface area contributed by atoms with Crippen molar-refractivity contribution in [1.29, 1.82) is 0 Å². The highest BCUT2D eigenvalue weighted by Gasteiger charge is 2.26. The summed E-state index contributed by atoms with van der Waals surface area (Å²) in [6.45, 7) is 3.79. The Hall–Kier alpha value is -2.91. The summed E-state index contributed by atoms with van der Waals surface area (Å²) in [6.07, 6.45) is 0. The van der Waals surface area contributed by atoms with E-state index in [0.29, 0.717) is 0 Å². The second kappa shape index (κ2) is 10.7. The van der Waals surface area contributed by atoms with Crippen molar-refractivity contribution in [1.82, 2.24) is 9.62 Å². The van der Waals surface area contributed by atoms with Gasteiger partial charge in [0.2, 0.25) is 10.0 Å². The van der Waals surface area contributed by atoms with Crippen molar-refractivity contribution >= 4 is 21.9 Å². The van der Waals surface area contributed by atoms with Gasteiger partial charge in [0, 0.05) is 18.7 Å². The predicted molar refractivity (Wildman–Crippen MR) is 112 cm³/mol. The maximum atomic E-state index is 12.9. The molecule has 8 nitrogen and oxygen atoms in total. The molecule has 0 spiro atoms. The largest absolute Gasteiger partial charge is 0.495 e. The molecule has 2 aromatic rings. The third-order valence-corrected chi connectivity index (χ3v) is 6.46. The lowest BCUT2D eigenvalue weighted by atomic mass is 10.2. The summed E-state index contributed by atoms with van der Waals surface area (Å²) in [5.41, 5.74) is 0.927. The zero-order chi connectivity index (χ0) is 22.1. The Bertz CT molecular complexity index is 972. The van der Waals surface area contributed by atoms with Crippen molar-refractivity contribution in [2.24, 2.45) is 0 Å². The van der Waals surface area contributed by atoms with E-state index in [1.54, 1.807) is 13.8 Å². The number of sulfonamides is 1. The van der Waals surface area contributed by atoms with Gasteiger partial charge < -0.3 is 14.8 Å². The van der Waals surface area contributed by atoms with E-state index < -0.39 is 21.9 Å². The first-order valence-electron chi connectivity index (χ1n) is 9.49.